The van der Waals surface area contributed by atoms with Crippen LogP contribution in [0.15, 0.2) is 0 Å². The lowest BCUT2D eigenvalue weighted by atomic mass is 9.87. The van der Waals surface area contributed by atoms with Crippen molar-refractivity contribution in [1.29, 1.82) is 0 Å². The molecule has 0 aromatic heterocycles. The zero-order chi connectivity index (χ0) is 8.15. The molecule has 0 rings (SSSR count). The second-order valence-corrected chi connectivity index (χ2v) is 3.70. The lowest BCUT2D eigenvalue weighted by molar-refractivity contribution is 0.327. The summed E-state index contributed by atoms with van der Waals surface area (Å²) in [6.45, 7) is 13.1. The van der Waals surface area contributed by atoms with Crippen molar-refractivity contribution in [3.63, 3.8) is 0 Å². The van der Waals surface area contributed by atoms with E-state index in [9.17, 15) is 0 Å². The molecule has 0 heterocycles. The molecule has 0 fully saturated rings. The zero-order valence-corrected chi connectivity index (χ0v) is 7.85. The molecule has 0 aliphatic heterocycles. The first-order valence-electron chi connectivity index (χ1n) is 4.41. The Bertz CT molecular complexity index is 74.1. The van der Waals surface area contributed by atoms with E-state index in [4.69, 9.17) is 0 Å². The van der Waals surface area contributed by atoms with Crippen LogP contribution in [0.1, 0.15) is 40.5 Å². The van der Waals surface area contributed by atoms with Crippen LogP contribution in [0.25, 0.3) is 0 Å². The maximum Gasteiger partial charge on any atom is -0.0415 e. The van der Waals surface area contributed by atoms with Gasteiger partial charge in [0.05, 0.1) is 0 Å². The fourth-order valence-corrected chi connectivity index (χ4v) is 1.27. The molecule has 1 radical (unpaired) electrons. The van der Waals surface area contributed by atoms with Gasteiger partial charge in [0, 0.05) is 0 Å². The molecule has 10 heavy (non-hydrogen) atoms. The van der Waals surface area contributed by atoms with Crippen LogP contribution in [-0.4, -0.2) is 0 Å². The molecule has 0 aromatic rings. The average molecular weight is 141 g/mol. The predicted molar refractivity (Wildman–Crippen MR) is 47.8 cm³/mol. The Kier molecular flexibility index (Phi) is 4.76. The molecule has 0 aromatic carbocycles. The van der Waals surface area contributed by atoms with Crippen LogP contribution in [-0.2, 0) is 0 Å². The highest BCUT2D eigenvalue weighted by molar-refractivity contribution is 4.65. The topological polar surface area (TPSA) is 0 Å². The molecular formula is C10H21. The normalized spacial score (nSPS) is 17.4. The molecule has 0 aliphatic rings. The van der Waals surface area contributed by atoms with Gasteiger partial charge in [0.1, 0.15) is 0 Å². The number of hydrogen-bond acceptors (Lipinski definition) is 0. The molecule has 3 unspecified atom stereocenters. The van der Waals surface area contributed by atoms with Crippen molar-refractivity contribution in [1.82, 2.24) is 0 Å². The molecular weight excluding hydrogens is 120 g/mol. The molecule has 0 bridgehead atoms. The van der Waals surface area contributed by atoms with Gasteiger partial charge in [0.2, 0.25) is 0 Å². The van der Waals surface area contributed by atoms with Crippen molar-refractivity contribution in [2.24, 2.45) is 17.8 Å². The molecule has 0 spiro atoms. The van der Waals surface area contributed by atoms with Gasteiger partial charge in [-0.25, -0.2) is 0 Å². The quantitative estimate of drug-likeness (QED) is 0.562. The maximum atomic E-state index is 4.00. The van der Waals surface area contributed by atoms with Crippen molar-refractivity contribution in [2.45, 2.75) is 40.5 Å². The lowest BCUT2D eigenvalue weighted by Gasteiger charge is -2.19. The highest BCUT2D eigenvalue weighted by Crippen LogP contribution is 2.21. The minimum Gasteiger partial charge on any atom is -0.0651 e. The third-order valence-electron chi connectivity index (χ3n) is 2.39. The van der Waals surface area contributed by atoms with Crippen molar-refractivity contribution in [3.8, 4) is 0 Å². The van der Waals surface area contributed by atoms with E-state index >= 15 is 0 Å². The predicted octanol–water partition coefficient (Wildman–Crippen LogP) is 3.53. The van der Waals surface area contributed by atoms with Crippen LogP contribution in [0.4, 0.5) is 0 Å². The molecule has 0 heteroatoms. The summed E-state index contributed by atoms with van der Waals surface area (Å²) in [5.41, 5.74) is 0. The first kappa shape index (κ1) is 10.0. The van der Waals surface area contributed by atoms with Gasteiger partial charge in [0.25, 0.3) is 0 Å². The van der Waals surface area contributed by atoms with Crippen LogP contribution in [0.2, 0.25) is 0 Å². The van der Waals surface area contributed by atoms with E-state index in [-0.39, 0.29) is 0 Å². The molecule has 0 aliphatic carbocycles. The second-order valence-electron chi connectivity index (χ2n) is 3.70. The van der Waals surface area contributed by atoms with Gasteiger partial charge in [-0.15, -0.1) is 0 Å². The van der Waals surface area contributed by atoms with E-state index in [1.54, 1.807) is 0 Å². The Hall–Kier alpha value is 0. The summed E-state index contributed by atoms with van der Waals surface area (Å²) < 4.78 is 0. The fourth-order valence-electron chi connectivity index (χ4n) is 1.27. The van der Waals surface area contributed by atoms with E-state index in [1.165, 1.54) is 12.8 Å². The first-order valence-corrected chi connectivity index (χ1v) is 4.41. The third kappa shape index (κ3) is 3.92. The monoisotopic (exact) mass is 141 g/mol. The van der Waals surface area contributed by atoms with Crippen molar-refractivity contribution < 1.29 is 0 Å². The summed E-state index contributed by atoms with van der Waals surface area (Å²) in [7, 11) is 0. The fraction of sp³-hybridized carbons (Fsp3) is 0.900. The van der Waals surface area contributed by atoms with E-state index in [0.717, 1.165) is 11.8 Å². The largest absolute Gasteiger partial charge is 0.0651 e. The van der Waals surface area contributed by atoms with E-state index in [1.807, 2.05) is 0 Å². The minimum absolute atomic E-state index is 0.615. The summed E-state index contributed by atoms with van der Waals surface area (Å²) in [4.78, 5) is 0. The van der Waals surface area contributed by atoms with Gasteiger partial charge in [0.15, 0.2) is 0 Å². The van der Waals surface area contributed by atoms with Gasteiger partial charge >= 0.3 is 0 Å². The summed E-state index contributed by atoms with van der Waals surface area (Å²) >= 11 is 0. The standard InChI is InChI=1S/C10H21/c1-6-9(4)10(5)7-8(2)3/h8-10H,2,6-7H2,1,3-5H3. The van der Waals surface area contributed by atoms with Crippen LogP contribution in [0.3, 0.4) is 0 Å². The molecule has 61 valence electrons. The van der Waals surface area contributed by atoms with Crippen LogP contribution >= 0.6 is 0 Å². The smallest absolute Gasteiger partial charge is 0.0415 e. The molecule has 0 saturated heterocycles. The highest BCUT2D eigenvalue weighted by Gasteiger charge is 2.10. The van der Waals surface area contributed by atoms with Crippen molar-refractivity contribution in [3.05, 3.63) is 6.92 Å². The summed E-state index contributed by atoms with van der Waals surface area (Å²) in [6, 6.07) is 0. The van der Waals surface area contributed by atoms with Crippen LogP contribution < -0.4 is 0 Å². The Labute approximate surface area is 66.0 Å². The van der Waals surface area contributed by atoms with Crippen molar-refractivity contribution in [2.75, 3.05) is 0 Å². The molecule has 0 saturated carbocycles. The van der Waals surface area contributed by atoms with Crippen LogP contribution in [0, 0.1) is 24.7 Å². The Morgan fingerprint density at radius 2 is 1.60 bits per heavy atom. The van der Waals surface area contributed by atoms with E-state index in [2.05, 4.69) is 34.6 Å². The van der Waals surface area contributed by atoms with Crippen molar-refractivity contribution >= 4 is 0 Å². The highest BCUT2D eigenvalue weighted by atomic mass is 14.2. The summed E-state index contributed by atoms with van der Waals surface area (Å²) in [5.74, 6) is 2.32. The number of hydrogen-bond donors (Lipinski definition) is 0. The van der Waals surface area contributed by atoms with Gasteiger partial charge in [-0.3, -0.25) is 0 Å². The SMILES string of the molecule is [CH2]C(C)CC(C)C(C)CC. The summed E-state index contributed by atoms with van der Waals surface area (Å²) in [6.07, 6.45) is 2.57. The molecule has 3 atom stereocenters. The minimum atomic E-state index is 0.615. The molecule has 0 nitrogen and oxygen atoms in total. The Morgan fingerprint density at radius 3 is 1.90 bits per heavy atom. The summed E-state index contributed by atoms with van der Waals surface area (Å²) in [5, 5.41) is 0. The van der Waals surface area contributed by atoms with Gasteiger partial charge in [-0.05, 0) is 24.2 Å². The zero-order valence-electron chi connectivity index (χ0n) is 7.85. The second kappa shape index (κ2) is 4.76. The van der Waals surface area contributed by atoms with E-state index in [0.29, 0.717) is 5.92 Å². The Balaban J connectivity index is 3.50. The van der Waals surface area contributed by atoms with Gasteiger partial charge in [-0.2, -0.15) is 0 Å². The van der Waals surface area contributed by atoms with Gasteiger partial charge in [-0.1, -0.05) is 41.0 Å². The molecule has 0 amide bonds. The molecule has 0 N–H and O–H groups in total. The number of rotatable bonds is 4. The van der Waals surface area contributed by atoms with Crippen LogP contribution in [0.5, 0.6) is 0 Å². The lowest BCUT2D eigenvalue weighted by Crippen LogP contribution is -2.09. The van der Waals surface area contributed by atoms with Gasteiger partial charge < -0.3 is 0 Å². The Morgan fingerprint density at radius 1 is 1.10 bits per heavy atom. The average Bonchev–Trinajstić information content (AvgIpc) is 1.85. The maximum absolute atomic E-state index is 4.00. The van der Waals surface area contributed by atoms with E-state index < -0.39 is 0 Å². The third-order valence-corrected chi connectivity index (χ3v) is 2.39. The first-order chi connectivity index (χ1) is 4.57.